The fourth-order valence-electron chi connectivity index (χ4n) is 2.74. The molecule has 116 valence electrons. The Bertz CT molecular complexity index is 314. The van der Waals surface area contributed by atoms with Crippen LogP contribution in [0.5, 0.6) is 0 Å². The zero-order chi connectivity index (χ0) is 15.0. The molecule has 1 aliphatic carbocycles. The van der Waals surface area contributed by atoms with Crippen molar-refractivity contribution in [2.75, 3.05) is 19.6 Å². The average molecular weight is 284 g/mol. The average Bonchev–Trinajstić information content (AvgIpc) is 2.45. The van der Waals surface area contributed by atoms with Gasteiger partial charge in [0, 0.05) is 19.6 Å². The Kier molecular flexibility index (Phi) is 7.41. The molecule has 5 heteroatoms. The molecule has 0 radical (unpaired) electrons. The number of carboxylic acids is 1. The number of nitrogens with zero attached hydrogens (tertiary/aromatic N) is 1. The second-order valence-corrected chi connectivity index (χ2v) is 5.80. The van der Waals surface area contributed by atoms with E-state index in [-0.39, 0.29) is 12.6 Å². The molecule has 0 aromatic heterocycles. The first kappa shape index (κ1) is 16.8. The molecule has 5 nitrogen and oxygen atoms in total. The van der Waals surface area contributed by atoms with Crippen LogP contribution in [0.15, 0.2) is 0 Å². The van der Waals surface area contributed by atoms with E-state index in [4.69, 9.17) is 5.11 Å². The largest absolute Gasteiger partial charge is 0.481 e. The van der Waals surface area contributed by atoms with Crippen molar-refractivity contribution in [2.45, 2.75) is 52.4 Å². The molecule has 1 aliphatic rings. The van der Waals surface area contributed by atoms with Crippen molar-refractivity contribution in [3.05, 3.63) is 0 Å². The number of carbonyl (C=O) groups excluding carboxylic acids is 1. The number of nitrogens with one attached hydrogen (secondary N) is 1. The molecular weight excluding hydrogens is 256 g/mol. The highest BCUT2D eigenvalue weighted by molar-refractivity contribution is 5.75. The van der Waals surface area contributed by atoms with Crippen LogP contribution in [0, 0.1) is 11.8 Å². The Labute approximate surface area is 121 Å². The summed E-state index contributed by atoms with van der Waals surface area (Å²) in [4.78, 5) is 24.4. The van der Waals surface area contributed by atoms with Gasteiger partial charge in [-0.25, -0.2) is 4.79 Å². The van der Waals surface area contributed by atoms with Crippen LogP contribution in [-0.4, -0.2) is 41.6 Å². The van der Waals surface area contributed by atoms with E-state index >= 15 is 0 Å². The molecular formula is C15H28N2O3. The van der Waals surface area contributed by atoms with Gasteiger partial charge < -0.3 is 15.3 Å². The number of aliphatic carboxylic acids is 1. The number of amides is 2. The van der Waals surface area contributed by atoms with Crippen molar-refractivity contribution in [3.8, 4) is 0 Å². The van der Waals surface area contributed by atoms with Gasteiger partial charge in [-0.1, -0.05) is 39.0 Å². The predicted molar refractivity (Wildman–Crippen MR) is 78.6 cm³/mol. The Balaban J connectivity index is 2.26. The van der Waals surface area contributed by atoms with Gasteiger partial charge in [-0.15, -0.1) is 0 Å². The monoisotopic (exact) mass is 284 g/mol. The molecule has 1 unspecified atom stereocenters. The van der Waals surface area contributed by atoms with E-state index in [1.165, 1.54) is 32.1 Å². The van der Waals surface area contributed by atoms with E-state index in [0.717, 1.165) is 12.3 Å². The van der Waals surface area contributed by atoms with Gasteiger partial charge >= 0.3 is 12.0 Å². The molecule has 0 saturated heterocycles. The summed E-state index contributed by atoms with van der Waals surface area (Å²) in [5.74, 6) is -0.644. The van der Waals surface area contributed by atoms with Gasteiger partial charge in [0.1, 0.15) is 0 Å². The number of carbonyl (C=O) groups is 2. The summed E-state index contributed by atoms with van der Waals surface area (Å²) >= 11 is 0. The Morgan fingerprint density at radius 1 is 1.30 bits per heavy atom. The highest BCUT2D eigenvalue weighted by Gasteiger charge is 2.19. The van der Waals surface area contributed by atoms with Crippen LogP contribution in [0.4, 0.5) is 4.79 Å². The second kappa shape index (κ2) is 8.82. The molecule has 0 aromatic rings. The Morgan fingerprint density at radius 2 is 1.95 bits per heavy atom. The molecule has 2 N–H and O–H groups in total. The quantitative estimate of drug-likeness (QED) is 0.755. The first-order valence-electron chi connectivity index (χ1n) is 7.80. The van der Waals surface area contributed by atoms with E-state index in [2.05, 4.69) is 5.32 Å². The van der Waals surface area contributed by atoms with Crippen molar-refractivity contribution >= 4 is 12.0 Å². The van der Waals surface area contributed by atoms with E-state index in [1.807, 2.05) is 6.92 Å². The lowest BCUT2D eigenvalue weighted by molar-refractivity contribution is -0.141. The molecule has 0 spiro atoms. The van der Waals surface area contributed by atoms with Crippen molar-refractivity contribution in [1.82, 2.24) is 10.2 Å². The fraction of sp³-hybridized carbons (Fsp3) is 0.867. The third kappa shape index (κ3) is 5.80. The van der Waals surface area contributed by atoms with Gasteiger partial charge in [0.05, 0.1) is 5.92 Å². The summed E-state index contributed by atoms with van der Waals surface area (Å²) in [6.07, 6.45) is 7.58. The van der Waals surface area contributed by atoms with Crippen molar-refractivity contribution < 1.29 is 14.7 Å². The highest BCUT2D eigenvalue weighted by Crippen LogP contribution is 2.25. The third-order valence-electron chi connectivity index (χ3n) is 4.14. The fourth-order valence-corrected chi connectivity index (χ4v) is 2.74. The minimum absolute atomic E-state index is 0.142. The SMILES string of the molecule is CCN(CC(C)C(=O)O)C(=O)NCCC1CCCCC1. The van der Waals surface area contributed by atoms with E-state index in [0.29, 0.717) is 13.1 Å². The lowest BCUT2D eigenvalue weighted by atomic mass is 9.87. The van der Waals surface area contributed by atoms with Gasteiger partial charge in [-0.05, 0) is 19.3 Å². The van der Waals surface area contributed by atoms with Gasteiger partial charge in [-0.3, -0.25) is 4.79 Å². The topological polar surface area (TPSA) is 69.6 Å². The molecule has 0 aliphatic heterocycles. The summed E-state index contributed by atoms with van der Waals surface area (Å²) in [5.41, 5.74) is 0. The molecule has 1 saturated carbocycles. The third-order valence-corrected chi connectivity index (χ3v) is 4.14. The lowest BCUT2D eigenvalue weighted by Gasteiger charge is -2.25. The van der Waals surface area contributed by atoms with Crippen molar-refractivity contribution in [2.24, 2.45) is 11.8 Å². The van der Waals surface area contributed by atoms with Crippen LogP contribution in [0.1, 0.15) is 52.4 Å². The Morgan fingerprint density at radius 3 is 2.50 bits per heavy atom. The lowest BCUT2D eigenvalue weighted by Crippen LogP contribution is -2.43. The molecule has 1 fully saturated rings. The minimum Gasteiger partial charge on any atom is -0.481 e. The minimum atomic E-state index is -0.863. The summed E-state index contributed by atoms with van der Waals surface area (Å²) in [6, 6.07) is -0.142. The number of hydrogen-bond acceptors (Lipinski definition) is 2. The smallest absolute Gasteiger partial charge is 0.317 e. The van der Waals surface area contributed by atoms with Gasteiger partial charge in [0.2, 0.25) is 0 Å². The summed E-state index contributed by atoms with van der Waals surface area (Å²) in [5, 5.41) is 11.8. The van der Waals surface area contributed by atoms with Crippen LogP contribution in [0.2, 0.25) is 0 Å². The first-order chi connectivity index (χ1) is 9.54. The summed E-state index contributed by atoms with van der Waals surface area (Å²) < 4.78 is 0. The molecule has 0 bridgehead atoms. The van der Waals surface area contributed by atoms with E-state index in [9.17, 15) is 9.59 Å². The van der Waals surface area contributed by atoms with Crippen LogP contribution in [0.25, 0.3) is 0 Å². The number of rotatable bonds is 7. The number of urea groups is 1. The van der Waals surface area contributed by atoms with Crippen LogP contribution < -0.4 is 5.32 Å². The van der Waals surface area contributed by atoms with Crippen LogP contribution in [-0.2, 0) is 4.79 Å². The molecule has 0 aromatic carbocycles. The maximum Gasteiger partial charge on any atom is 0.317 e. The maximum atomic E-state index is 12.0. The summed E-state index contributed by atoms with van der Waals surface area (Å²) in [6.45, 7) is 4.99. The predicted octanol–water partition coefficient (Wildman–Crippen LogP) is 2.71. The van der Waals surface area contributed by atoms with Gasteiger partial charge in [0.15, 0.2) is 0 Å². The molecule has 2 amide bonds. The molecule has 1 atom stereocenters. The highest BCUT2D eigenvalue weighted by atomic mass is 16.4. The number of hydrogen-bond donors (Lipinski definition) is 2. The zero-order valence-corrected chi connectivity index (χ0v) is 12.7. The van der Waals surface area contributed by atoms with Gasteiger partial charge in [0.25, 0.3) is 0 Å². The molecule has 20 heavy (non-hydrogen) atoms. The first-order valence-corrected chi connectivity index (χ1v) is 7.80. The standard InChI is InChI=1S/C15H28N2O3/c1-3-17(11-12(2)14(18)19)15(20)16-10-9-13-7-5-4-6-8-13/h12-13H,3-11H2,1-2H3,(H,16,20)(H,18,19). The zero-order valence-electron chi connectivity index (χ0n) is 12.7. The molecule has 0 heterocycles. The van der Waals surface area contributed by atoms with Gasteiger partial charge in [-0.2, -0.15) is 0 Å². The van der Waals surface area contributed by atoms with Crippen molar-refractivity contribution in [3.63, 3.8) is 0 Å². The molecule has 1 rings (SSSR count). The van der Waals surface area contributed by atoms with Crippen LogP contribution in [0.3, 0.4) is 0 Å². The van der Waals surface area contributed by atoms with Crippen LogP contribution >= 0.6 is 0 Å². The van der Waals surface area contributed by atoms with E-state index < -0.39 is 11.9 Å². The second-order valence-electron chi connectivity index (χ2n) is 5.80. The summed E-state index contributed by atoms with van der Waals surface area (Å²) in [7, 11) is 0. The van der Waals surface area contributed by atoms with Crippen molar-refractivity contribution in [1.29, 1.82) is 0 Å². The maximum absolute atomic E-state index is 12.0. The normalized spacial score (nSPS) is 17.5. The van der Waals surface area contributed by atoms with E-state index in [1.54, 1.807) is 11.8 Å². The Hall–Kier alpha value is -1.26. The number of carboxylic acid groups (broad SMARTS) is 1.